The molecule has 0 radical (unpaired) electrons. The number of methoxy groups -OCH3 is 1. The molecule has 118 valence electrons. The minimum atomic E-state index is -0.0518. The fourth-order valence-electron chi connectivity index (χ4n) is 1.87. The Kier molecular flexibility index (Phi) is 7.23. The molecule has 0 bridgehead atoms. The lowest BCUT2D eigenvalue weighted by molar-refractivity contribution is 0.0644. The molecule has 1 aromatic rings. The van der Waals surface area contributed by atoms with Crippen LogP contribution >= 0.6 is 0 Å². The highest BCUT2D eigenvalue weighted by atomic mass is 16.5. The van der Waals surface area contributed by atoms with Crippen molar-refractivity contribution in [1.82, 2.24) is 5.32 Å². The minimum Gasteiger partial charge on any atom is -0.496 e. The number of hydrogen-bond donors (Lipinski definition) is 1. The predicted octanol–water partition coefficient (Wildman–Crippen LogP) is 3.40. The van der Waals surface area contributed by atoms with Crippen LogP contribution in [-0.4, -0.2) is 25.7 Å². The van der Waals surface area contributed by atoms with Gasteiger partial charge in [-0.25, -0.2) is 0 Å². The monoisotopic (exact) mass is 293 g/mol. The average molecular weight is 293 g/mol. The van der Waals surface area contributed by atoms with Crippen molar-refractivity contribution < 1.29 is 14.3 Å². The number of nitrogens with one attached hydrogen (secondary N) is 1. The van der Waals surface area contributed by atoms with Gasteiger partial charge in [-0.2, -0.15) is 0 Å². The summed E-state index contributed by atoms with van der Waals surface area (Å²) in [5.74, 6) is 1.27. The lowest BCUT2D eigenvalue weighted by atomic mass is 10.1. The Hall–Kier alpha value is -1.55. The standard InChI is InChI=1S/C17H27NO3/c1-12(2)8-9-18-17(19)14-6-7-16(20-5)15(10-14)11-21-13(3)4/h6-7,10,12-13H,8-9,11H2,1-5H3,(H,18,19). The van der Waals surface area contributed by atoms with Crippen molar-refractivity contribution in [3.05, 3.63) is 29.3 Å². The largest absolute Gasteiger partial charge is 0.496 e. The second-order valence-electron chi connectivity index (χ2n) is 5.82. The third-order valence-electron chi connectivity index (χ3n) is 3.12. The van der Waals surface area contributed by atoms with Gasteiger partial charge in [-0.05, 0) is 44.4 Å². The van der Waals surface area contributed by atoms with Crippen molar-refractivity contribution >= 4 is 5.91 Å². The molecule has 4 heteroatoms. The van der Waals surface area contributed by atoms with E-state index < -0.39 is 0 Å². The van der Waals surface area contributed by atoms with Crippen LogP contribution in [0.4, 0.5) is 0 Å². The summed E-state index contributed by atoms with van der Waals surface area (Å²) in [6.45, 7) is 9.38. The maximum Gasteiger partial charge on any atom is 0.251 e. The van der Waals surface area contributed by atoms with E-state index in [-0.39, 0.29) is 12.0 Å². The highest BCUT2D eigenvalue weighted by Crippen LogP contribution is 2.21. The summed E-state index contributed by atoms with van der Waals surface area (Å²) < 4.78 is 10.9. The second-order valence-corrected chi connectivity index (χ2v) is 5.82. The molecule has 21 heavy (non-hydrogen) atoms. The van der Waals surface area contributed by atoms with Crippen LogP contribution in [0.2, 0.25) is 0 Å². The molecule has 0 unspecified atom stereocenters. The van der Waals surface area contributed by atoms with Gasteiger partial charge in [0.2, 0.25) is 0 Å². The molecule has 0 aromatic heterocycles. The van der Waals surface area contributed by atoms with Crippen LogP contribution in [0.25, 0.3) is 0 Å². The Morgan fingerprint density at radius 3 is 2.52 bits per heavy atom. The quantitative estimate of drug-likeness (QED) is 0.799. The van der Waals surface area contributed by atoms with Crippen molar-refractivity contribution in [1.29, 1.82) is 0 Å². The Balaban J connectivity index is 2.74. The van der Waals surface area contributed by atoms with Crippen molar-refractivity contribution in [2.75, 3.05) is 13.7 Å². The van der Waals surface area contributed by atoms with E-state index in [1.807, 2.05) is 26.0 Å². The summed E-state index contributed by atoms with van der Waals surface area (Å²) in [7, 11) is 1.62. The molecule has 0 heterocycles. The molecular weight excluding hydrogens is 266 g/mol. The zero-order chi connectivity index (χ0) is 15.8. The van der Waals surface area contributed by atoms with Gasteiger partial charge in [0.25, 0.3) is 5.91 Å². The fourth-order valence-corrected chi connectivity index (χ4v) is 1.87. The van der Waals surface area contributed by atoms with E-state index in [9.17, 15) is 4.79 Å². The van der Waals surface area contributed by atoms with Crippen LogP contribution in [-0.2, 0) is 11.3 Å². The van der Waals surface area contributed by atoms with Gasteiger partial charge in [0.1, 0.15) is 5.75 Å². The van der Waals surface area contributed by atoms with E-state index >= 15 is 0 Å². The van der Waals surface area contributed by atoms with Crippen LogP contribution in [0.3, 0.4) is 0 Å². The second kappa shape index (κ2) is 8.67. The third-order valence-corrected chi connectivity index (χ3v) is 3.12. The molecule has 0 aliphatic carbocycles. The number of benzene rings is 1. The van der Waals surface area contributed by atoms with Gasteiger partial charge in [-0.15, -0.1) is 0 Å². The molecule has 1 amide bonds. The van der Waals surface area contributed by atoms with E-state index in [1.165, 1.54) is 0 Å². The summed E-state index contributed by atoms with van der Waals surface area (Å²) in [6, 6.07) is 5.44. The number of rotatable bonds is 8. The number of ether oxygens (including phenoxy) is 2. The summed E-state index contributed by atoms with van der Waals surface area (Å²) >= 11 is 0. The maximum absolute atomic E-state index is 12.1. The van der Waals surface area contributed by atoms with Crippen LogP contribution < -0.4 is 10.1 Å². The van der Waals surface area contributed by atoms with Gasteiger partial charge in [0.15, 0.2) is 0 Å². The SMILES string of the molecule is COc1ccc(C(=O)NCCC(C)C)cc1COC(C)C. The first-order valence-corrected chi connectivity index (χ1v) is 7.50. The molecule has 0 atom stereocenters. The Labute approximate surface area is 127 Å². The Bertz CT molecular complexity index is 455. The first kappa shape index (κ1) is 17.5. The van der Waals surface area contributed by atoms with Gasteiger partial charge < -0.3 is 14.8 Å². The molecule has 0 saturated heterocycles. The maximum atomic E-state index is 12.1. The zero-order valence-electron chi connectivity index (χ0n) is 13.7. The Morgan fingerprint density at radius 1 is 1.24 bits per heavy atom. The molecule has 0 aliphatic heterocycles. The lowest BCUT2D eigenvalue weighted by Crippen LogP contribution is -2.25. The molecule has 1 aromatic carbocycles. The zero-order valence-corrected chi connectivity index (χ0v) is 13.7. The van der Waals surface area contributed by atoms with Gasteiger partial charge in [0.05, 0.1) is 19.8 Å². The van der Waals surface area contributed by atoms with E-state index in [1.54, 1.807) is 13.2 Å². The molecule has 0 aliphatic rings. The lowest BCUT2D eigenvalue weighted by Gasteiger charge is -2.13. The summed E-state index contributed by atoms with van der Waals surface area (Å²) in [4.78, 5) is 12.1. The molecule has 4 nitrogen and oxygen atoms in total. The van der Waals surface area contributed by atoms with Gasteiger partial charge in [-0.1, -0.05) is 13.8 Å². The predicted molar refractivity (Wildman–Crippen MR) is 84.7 cm³/mol. The summed E-state index contributed by atoms with van der Waals surface area (Å²) in [6.07, 6.45) is 1.11. The topological polar surface area (TPSA) is 47.6 Å². The first-order valence-electron chi connectivity index (χ1n) is 7.50. The van der Waals surface area contributed by atoms with Gasteiger partial charge in [-0.3, -0.25) is 4.79 Å². The average Bonchev–Trinajstić information content (AvgIpc) is 2.44. The highest BCUT2D eigenvalue weighted by molar-refractivity contribution is 5.94. The van der Waals surface area contributed by atoms with Crippen LogP contribution in [0.1, 0.15) is 50.0 Å². The first-order chi connectivity index (χ1) is 9.93. The number of amides is 1. The van der Waals surface area contributed by atoms with Crippen molar-refractivity contribution in [2.24, 2.45) is 5.92 Å². The van der Waals surface area contributed by atoms with E-state index in [0.29, 0.717) is 24.6 Å². The van der Waals surface area contributed by atoms with Gasteiger partial charge >= 0.3 is 0 Å². The number of carbonyl (C=O) groups is 1. The normalized spacial score (nSPS) is 11.0. The molecule has 1 rings (SSSR count). The van der Waals surface area contributed by atoms with Gasteiger partial charge in [0, 0.05) is 17.7 Å². The summed E-state index contributed by atoms with van der Waals surface area (Å²) in [5.41, 5.74) is 1.53. The van der Waals surface area contributed by atoms with Crippen molar-refractivity contribution in [2.45, 2.75) is 46.8 Å². The highest BCUT2D eigenvalue weighted by Gasteiger charge is 2.11. The van der Waals surface area contributed by atoms with Crippen LogP contribution in [0.15, 0.2) is 18.2 Å². The molecule has 0 saturated carbocycles. The molecule has 0 fully saturated rings. The molecule has 0 spiro atoms. The van der Waals surface area contributed by atoms with E-state index in [4.69, 9.17) is 9.47 Å². The van der Waals surface area contributed by atoms with Crippen LogP contribution in [0, 0.1) is 5.92 Å². The van der Waals surface area contributed by atoms with Crippen molar-refractivity contribution in [3.8, 4) is 5.75 Å². The molecular formula is C17H27NO3. The molecule has 1 N–H and O–H groups in total. The third kappa shape index (κ3) is 6.17. The van der Waals surface area contributed by atoms with Crippen LogP contribution in [0.5, 0.6) is 5.75 Å². The minimum absolute atomic E-state index is 0.0518. The summed E-state index contributed by atoms with van der Waals surface area (Å²) in [5, 5.41) is 2.94. The number of carbonyl (C=O) groups excluding carboxylic acids is 1. The van der Waals surface area contributed by atoms with Crippen molar-refractivity contribution in [3.63, 3.8) is 0 Å². The Morgan fingerprint density at radius 2 is 1.95 bits per heavy atom. The van der Waals surface area contributed by atoms with E-state index in [0.717, 1.165) is 17.7 Å². The number of hydrogen-bond acceptors (Lipinski definition) is 3. The van der Waals surface area contributed by atoms with E-state index in [2.05, 4.69) is 19.2 Å². The fraction of sp³-hybridized carbons (Fsp3) is 0.588. The smallest absolute Gasteiger partial charge is 0.251 e.